The van der Waals surface area contributed by atoms with Crippen LogP contribution in [0.25, 0.3) is 0 Å². The molecule has 3 atom stereocenters. The van der Waals surface area contributed by atoms with Gasteiger partial charge in [0, 0.05) is 29.2 Å². The number of aliphatic hydroxyl groups excluding tert-OH is 1. The molecule has 7 heteroatoms. The maximum absolute atomic E-state index is 12.3. The Bertz CT molecular complexity index is 819. The summed E-state index contributed by atoms with van der Waals surface area (Å²) < 4.78 is 0. The van der Waals surface area contributed by atoms with E-state index in [-0.39, 0.29) is 18.4 Å². The van der Waals surface area contributed by atoms with E-state index in [1.807, 2.05) is 0 Å². The summed E-state index contributed by atoms with van der Waals surface area (Å²) in [4.78, 5) is 24.0. The lowest BCUT2D eigenvalue weighted by Crippen LogP contribution is -2.61. The van der Waals surface area contributed by atoms with Crippen LogP contribution in [0.1, 0.15) is 36.2 Å². The fourth-order valence-electron chi connectivity index (χ4n) is 2.43. The van der Waals surface area contributed by atoms with E-state index in [0.29, 0.717) is 11.1 Å². The normalized spacial score (nSPS) is 18.9. The van der Waals surface area contributed by atoms with Crippen LogP contribution in [0.2, 0.25) is 0 Å². The Kier molecular flexibility index (Phi) is 6.59. The summed E-state index contributed by atoms with van der Waals surface area (Å²) in [7, 11) is 0. The summed E-state index contributed by atoms with van der Waals surface area (Å²) >= 11 is 0. The highest BCUT2D eigenvalue weighted by Gasteiger charge is 2.34. The third-order valence-corrected chi connectivity index (χ3v) is 4.22. The van der Waals surface area contributed by atoms with E-state index in [1.54, 1.807) is 38.1 Å². The average molecular weight is 369 g/mol. The lowest BCUT2D eigenvalue weighted by molar-refractivity contribution is -0.132. The Morgan fingerprint density at radius 2 is 1.96 bits per heavy atom. The molecule has 1 saturated carbocycles. The van der Waals surface area contributed by atoms with Gasteiger partial charge in [0.1, 0.15) is 6.04 Å². The molecule has 1 fully saturated rings. The lowest BCUT2D eigenvalue weighted by Gasteiger charge is -2.29. The maximum Gasteiger partial charge on any atom is 0.267 e. The Labute approximate surface area is 158 Å². The van der Waals surface area contributed by atoms with Gasteiger partial charge < -0.3 is 16.2 Å². The topological polar surface area (TPSA) is 125 Å². The van der Waals surface area contributed by atoms with Gasteiger partial charge in [0.05, 0.1) is 0 Å². The first-order valence-corrected chi connectivity index (χ1v) is 8.52. The molecule has 2 rings (SSSR count). The second-order valence-electron chi connectivity index (χ2n) is 7.09. The quantitative estimate of drug-likeness (QED) is 0.284. The van der Waals surface area contributed by atoms with Crippen LogP contribution in [-0.2, 0) is 4.79 Å². The molecule has 142 valence electrons. The van der Waals surface area contributed by atoms with Gasteiger partial charge in [0.25, 0.3) is 11.8 Å². The van der Waals surface area contributed by atoms with Crippen LogP contribution >= 0.6 is 0 Å². The third-order valence-electron chi connectivity index (χ3n) is 4.22. The van der Waals surface area contributed by atoms with Crippen molar-refractivity contribution in [2.75, 3.05) is 6.61 Å². The molecule has 7 nitrogen and oxygen atoms in total. The smallest absolute Gasteiger partial charge is 0.267 e. The molecule has 1 aromatic carbocycles. The van der Waals surface area contributed by atoms with Crippen molar-refractivity contribution in [1.29, 1.82) is 0 Å². The van der Waals surface area contributed by atoms with Gasteiger partial charge in [0.2, 0.25) is 0 Å². The molecule has 6 N–H and O–H groups in total. The molecule has 0 saturated heterocycles. The summed E-state index contributed by atoms with van der Waals surface area (Å²) in [6.07, 6.45) is 0.921. The van der Waals surface area contributed by atoms with Crippen molar-refractivity contribution in [2.45, 2.75) is 31.8 Å². The maximum atomic E-state index is 12.3. The fourth-order valence-corrected chi connectivity index (χ4v) is 2.43. The van der Waals surface area contributed by atoms with E-state index < -0.39 is 23.4 Å². The van der Waals surface area contributed by atoms with Crippen molar-refractivity contribution in [1.82, 2.24) is 10.8 Å². The van der Waals surface area contributed by atoms with Crippen LogP contribution < -0.4 is 16.5 Å². The van der Waals surface area contributed by atoms with E-state index in [0.717, 1.165) is 6.42 Å². The Morgan fingerprint density at radius 1 is 1.30 bits per heavy atom. The number of carbonyl (C=O) groups excluding carboxylic acids is 2. The monoisotopic (exact) mass is 369 g/mol. The SMILES string of the molecule is CC(C)(N)[C@H](NC(=O)c1ccc(C#CC#C[C@H]2C[C@@H]2CO)cc1)C(=O)NO. The van der Waals surface area contributed by atoms with Crippen LogP contribution in [0.5, 0.6) is 0 Å². The summed E-state index contributed by atoms with van der Waals surface area (Å²) in [6.45, 7) is 3.30. The highest BCUT2D eigenvalue weighted by Crippen LogP contribution is 2.36. The minimum Gasteiger partial charge on any atom is -0.396 e. The highest BCUT2D eigenvalue weighted by molar-refractivity contribution is 5.97. The number of amides is 2. The molecule has 0 heterocycles. The number of hydroxylamine groups is 1. The highest BCUT2D eigenvalue weighted by atomic mass is 16.5. The molecule has 0 spiro atoms. The molecular formula is C20H23N3O4. The van der Waals surface area contributed by atoms with Crippen molar-refractivity contribution >= 4 is 11.8 Å². The number of hydrogen-bond acceptors (Lipinski definition) is 5. The van der Waals surface area contributed by atoms with Gasteiger partial charge in [0.15, 0.2) is 0 Å². The Balaban J connectivity index is 2.00. The van der Waals surface area contributed by atoms with E-state index in [9.17, 15) is 9.59 Å². The van der Waals surface area contributed by atoms with E-state index in [4.69, 9.17) is 16.0 Å². The Morgan fingerprint density at radius 3 is 2.48 bits per heavy atom. The average Bonchev–Trinajstić information content (AvgIpc) is 3.40. The Hall–Kier alpha value is -2.84. The summed E-state index contributed by atoms with van der Waals surface area (Å²) in [6, 6.07) is 5.40. The van der Waals surface area contributed by atoms with E-state index in [1.165, 1.54) is 5.48 Å². The molecule has 0 radical (unpaired) electrons. The first-order valence-electron chi connectivity index (χ1n) is 8.52. The zero-order valence-electron chi connectivity index (χ0n) is 15.2. The van der Waals surface area contributed by atoms with Gasteiger partial charge in [-0.25, -0.2) is 5.48 Å². The van der Waals surface area contributed by atoms with Crippen molar-refractivity contribution in [3.63, 3.8) is 0 Å². The summed E-state index contributed by atoms with van der Waals surface area (Å²) in [5.41, 5.74) is 7.35. The van der Waals surface area contributed by atoms with Gasteiger partial charge in [-0.3, -0.25) is 14.8 Å². The van der Waals surface area contributed by atoms with Gasteiger partial charge in [-0.2, -0.15) is 0 Å². The van der Waals surface area contributed by atoms with E-state index in [2.05, 4.69) is 29.0 Å². The van der Waals surface area contributed by atoms with Crippen LogP contribution in [0.3, 0.4) is 0 Å². The van der Waals surface area contributed by atoms with Crippen LogP contribution in [0.4, 0.5) is 0 Å². The largest absolute Gasteiger partial charge is 0.396 e. The van der Waals surface area contributed by atoms with Gasteiger partial charge in [-0.15, -0.1) is 0 Å². The minimum atomic E-state index is -1.10. The van der Waals surface area contributed by atoms with Crippen molar-refractivity contribution in [2.24, 2.45) is 17.6 Å². The predicted octanol–water partition coefficient (Wildman–Crippen LogP) is 0.0110. The molecular weight excluding hydrogens is 346 g/mol. The van der Waals surface area contributed by atoms with Crippen LogP contribution in [0.15, 0.2) is 24.3 Å². The first-order chi connectivity index (χ1) is 12.8. The van der Waals surface area contributed by atoms with E-state index >= 15 is 0 Å². The summed E-state index contributed by atoms with van der Waals surface area (Å²) in [5.74, 6) is 10.6. The third kappa shape index (κ3) is 5.83. The zero-order valence-corrected chi connectivity index (χ0v) is 15.2. The number of hydrogen-bond donors (Lipinski definition) is 5. The van der Waals surface area contributed by atoms with Crippen molar-refractivity contribution < 1.29 is 19.9 Å². The lowest BCUT2D eigenvalue weighted by atomic mass is 9.95. The second-order valence-corrected chi connectivity index (χ2v) is 7.09. The van der Waals surface area contributed by atoms with Gasteiger partial charge in [-0.05, 0) is 62.3 Å². The summed E-state index contributed by atoms with van der Waals surface area (Å²) in [5, 5.41) is 20.3. The van der Waals surface area contributed by atoms with Crippen molar-refractivity contribution in [3.05, 3.63) is 35.4 Å². The zero-order chi connectivity index (χ0) is 20.0. The van der Waals surface area contributed by atoms with Crippen LogP contribution in [-0.4, -0.2) is 40.3 Å². The molecule has 0 aromatic heterocycles. The van der Waals surface area contributed by atoms with Gasteiger partial charge >= 0.3 is 0 Å². The standard InChI is InChI=1S/C20H23N3O4/c1-20(2,21)17(19(26)23-27)22-18(25)14-9-7-13(8-10-14)5-3-4-6-15-11-16(15)12-24/h7-10,15-17,24,27H,11-12,21H2,1-2H3,(H,22,25)(H,23,26)/t15-,16+,17+/m0/s1. The molecule has 0 bridgehead atoms. The molecule has 0 unspecified atom stereocenters. The number of carbonyl (C=O) groups is 2. The molecule has 1 aromatic rings. The number of benzene rings is 1. The number of rotatable bonds is 5. The van der Waals surface area contributed by atoms with Crippen LogP contribution in [0, 0.1) is 35.5 Å². The van der Waals surface area contributed by atoms with Gasteiger partial charge in [-0.1, -0.05) is 11.8 Å². The molecule has 27 heavy (non-hydrogen) atoms. The number of nitrogens with one attached hydrogen (secondary N) is 2. The van der Waals surface area contributed by atoms with Crippen molar-refractivity contribution in [3.8, 4) is 23.7 Å². The number of nitrogens with two attached hydrogens (primary N) is 1. The molecule has 1 aliphatic rings. The fraction of sp³-hybridized carbons (Fsp3) is 0.400. The molecule has 1 aliphatic carbocycles. The minimum absolute atomic E-state index is 0.165. The number of aliphatic hydroxyl groups is 1. The first kappa shape index (κ1) is 20.5. The predicted molar refractivity (Wildman–Crippen MR) is 99.2 cm³/mol. The molecule has 0 aliphatic heterocycles. The second kappa shape index (κ2) is 8.70. The molecule has 2 amide bonds.